The maximum absolute atomic E-state index is 12.9. The van der Waals surface area contributed by atoms with Crippen molar-refractivity contribution in [2.45, 2.75) is 38.7 Å². The van der Waals surface area contributed by atoms with Gasteiger partial charge in [-0.1, -0.05) is 26.0 Å². The van der Waals surface area contributed by atoms with Gasteiger partial charge >= 0.3 is 0 Å². The normalized spacial score (nSPS) is 16.3. The lowest BCUT2D eigenvalue weighted by atomic mass is 10.0. The molecule has 7 heteroatoms. The Morgan fingerprint density at radius 3 is 2.35 bits per heavy atom. The molecule has 0 radical (unpaired) electrons. The number of hydrogen-bond donors (Lipinski definition) is 2. The number of guanidine groups is 1. The predicted molar refractivity (Wildman–Crippen MR) is 122 cm³/mol. The van der Waals surface area contributed by atoms with Gasteiger partial charge in [0.2, 0.25) is 5.96 Å². The number of amides is 1. The number of anilines is 1. The summed E-state index contributed by atoms with van der Waals surface area (Å²) in [6, 6.07) is 13.1. The van der Waals surface area contributed by atoms with Gasteiger partial charge in [0, 0.05) is 23.9 Å². The van der Waals surface area contributed by atoms with Gasteiger partial charge in [0.25, 0.3) is 5.91 Å². The van der Waals surface area contributed by atoms with Crippen molar-refractivity contribution in [1.82, 2.24) is 5.32 Å². The molecule has 1 atom stereocenters. The summed E-state index contributed by atoms with van der Waals surface area (Å²) in [5.74, 6) is 1.60. The van der Waals surface area contributed by atoms with E-state index in [1.165, 1.54) is 5.56 Å². The standard InChI is InChI=1S/C24H31N3O4/c1-16(2)17-7-9-19(10-8-17)26-24(25-15-20-6-5-11-31-20)27-23(28)18-12-21(29-3)14-22(13-18)30-4/h7-10,12-14,16,20H,5-6,11,15H2,1-4H3,(H2,25,26,27,28). The van der Waals surface area contributed by atoms with E-state index in [4.69, 9.17) is 14.2 Å². The van der Waals surface area contributed by atoms with Gasteiger partial charge in [-0.25, -0.2) is 4.99 Å². The van der Waals surface area contributed by atoms with Crippen molar-refractivity contribution in [2.75, 3.05) is 32.7 Å². The van der Waals surface area contributed by atoms with E-state index < -0.39 is 0 Å². The third-order valence-electron chi connectivity index (χ3n) is 5.16. The highest BCUT2D eigenvalue weighted by Crippen LogP contribution is 2.22. The molecule has 0 saturated carbocycles. The minimum absolute atomic E-state index is 0.0777. The van der Waals surface area contributed by atoms with E-state index in [1.54, 1.807) is 32.4 Å². The Labute approximate surface area is 183 Å². The molecule has 2 aromatic rings. The van der Waals surface area contributed by atoms with E-state index in [2.05, 4.69) is 41.6 Å². The highest BCUT2D eigenvalue weighted by Gasteiger charge is 2.17. The summed E-state index contributed by atoms with van der Waals surface area (Å²) in [5.41, 5.74) is 2.51. The number of nitrogens with zero attached hydrogens (tertiary/aromatic N) is 1. The average Bonchev–Trinajstić information content (AvgIpc) is 3.31. The summed E-state index contributed by atoms with van der Waals surface area (Å²) < 4.78 is 16.2. The van der Waals surface area contributed by atoms with Crippen LogP contribution in [0.15, 0.2) is 47.5 Å². The van der Waals surface area contributed by atoms with Crippen LogP contribution in [0.25, 0.3) is 0 Å². The van der Waals surface area contributed by atoms with Crippen LogP contribution in [0, 0.1) is 0 Å². The molecular formula is C24H31N3O4. The third kappa shape index (κ3) is 6.46. The fourth-order valence-electron chi connectivity index (χ4n) is 3.30. The first kappa shape index (κ1) is 22.6. The quantitative estimate of drug-likeness (QED) is 0.513. The first-order valence-electron chi connectivity index (χ1n) is 10.6. The van der Waals surface area contributed by atoms with Crippen molar-refractivity contribution in [1.29, 1.82) is 0 Å². The van der Waals surface area contributed by atoms with Crippen molar-refractivity contribution in [3.63, 3.8) is 0 Å². The van der Waals surface area contributed by atoms with Crippen LogP contribution in [0.1, 0.15) is 48.5 Å². The molecule has 1 amide bonds. The third-order valence-corrected chi connectivity index (χ3v) is 5.16. The van der Waals surface area contributed by atoms with Crippen LogP contribution < -0.4 is 20.1 Å². The highest BCUT2D eigenvalue weighted by molar-refractivity contribution is 6.10. The number of hydrogen-bond acceptors (Lipinski definition) is 5. The zero-order chi connectivity index (χ0) is 22.2. The molecule has 0 spiro atoms. The molecule has 166 valence electrons. The smallest absolute Gasteiger partial charge is 0.258 e. The van der Waals surface area contributed by atoms with E-state index >= 15 is 0 Å². The van der Waals surface area contributed by atoms with E-state index in [0.717, 1.165) is 25.1 Å². The van der Waals surface area contributed by atoms with Crippen molar-refractivity contribution >= 4 is 17.6 Å². The van der Waals surface area contributed by atoms with Gasteiger partial charge in [-0.3, -0.25) is 10.1 Å². The Hall–Kier alpha value is -3.06. The van der Waals surface area contributed by atoms with Crippen LogP contribution in [0.2, 0.25) is 0 Å². The zero-order valence-corrected chi connectivity index (χ0v) is 18.6. The van der Waals surface area contributed by atoms with E-state index in [0.29, 0.717) is 35.5 Å². The summed E-state index contributed by atoms with van der Waals surface area (Å²) in [6.07, 6.45) is 2.09. The first-order chi connectivity index (χ1) is 15.0. The van der Waals surface area contributed by atoms with Crippen LogP contribution in [-0.4, -0.2) is 45.3 Å². The summed E-state index contributed by atoms with van der Waals surface area (Å²) in [7, 11) is 3.10. The SMILES string of the molecule is COc1cc(OC)cc(C(=O)NC(=NCC2CCCO2)Nc2ccc(C(C)C)cc2)c1. The monoisotopic (exact) mass is 425 g/mol. The van der Waals surface area contributed by atoms with E-state index in [9.17, 15) is 4.79 Å². The number of carbonyl (C=O) groups excluding carboxylic acids is 1. The summed E-state index contributed by atoms with van der Waals surface area (Å²) >= 11 is 0. The molecule has 1 aliphatic rings. The Kier molecular flexibility index (Phi) is 7.89. The Bertz CT molecular complexity index is 881. The molecule has 1 heterocycles. The topological polar surface area (TPSA) is 81.2 Å². The molecule has 2 N–H and O–H groups in total. The molecule has 1 fully saturated rings. The van der Waals surface area contributed by atoms with Gasteiger partial charge in [0.05, 0.1) is 26.9 Å². The van der Waals surface area contributed by atoms with E-state index in [-0.39, 0.29) is 12.0 Å². The molecule has 0 bridgehead atoms. The van der Waals surface area contributed by atoms with Gasteiger partial charge in [-0.2, -0.15) is 0 Å². The molecule has 1 saturated heterocycles. The molecule has 1 aliphatic heterocycles. The molecule has 1 unspecified atom stereocenters. The summed E-state index contributed by atoms with van der Waals surface area (Å²) in [5, 5.41) is 6.11. The molecule has 3 rings (SSSR count). The van der Waals surface area contributed by atoms with Gasteiger partial charge in [-0.05, 0) is 48.6 Å². The maximum atomic E-state index is 12.9. The lowest BCUT2D eigenvalue weighted by molar-refractivity contribution is 0.0975. The van der Waals surface area contributed by atoms with Crippen molar-refractivity contribution in [3.8, 4) is 11.5 Å². The fourth-order valence-corrected chi connectivity index (χ4v) is 3.30. The van der Waals surface area contributed by atoms with Gasteiger partial charge in [0.1, 0.15) is 11.5 Å². The first-order valence-corrected chi connectivity index (χ1v) is 10.6. The minimum atomic E-state index is -0.311. The molecule has 2 aromatic carbocycles. The Balaban J connectivity index is 1.78. The molecule has 7 nitrogen and oxygen atoms in total. The van der Waals surface area contributed by atoms with Crippen LogP contribution in [0.3, 0.4) is 0 Å². The lowest BCUT2D eigenvalue weighted by Crippen LogP contribution is -2.36. The highest BCUT2D eigenvalue weighted by atomic mass is 16.5. The van der Waals surface area contributed by atoms with E-state index in [1.807, 2.05) is 12.1 Å². The molecule has 0 aliphatic carbocycles. The number of carbonyl (C=O) groups is 1. The summed E-state index contributed by atoms with van der Waals surface area (Å²) in [6.45, 7) is 5.54. The van der Waals surface area contributed by atoms with Crippen LogP contribution in [0.4, 0.5) is 5.69 Å². The zero-order valence-electron chi connectivity index (χ0n) is 18.6. The lowest BCUT2D eigenvalue weighted by Gasteiger charge is -2.15. The number of benzene rings is 2. The number of methoxy groups -OCH3 is 2. The van der Waals surface area contributed by atoms with Crippen molar-refractivity contribution in [3.05, 3.63) is 53.6 Å². The maximum Gasteiger partial charge on any atom is 0.258 e. The second kappa shape index (κ2) is 10.8. The second-order valence-corrected chi connectivity index (χ2v) is 7.78. The average molecular weight is 426 g/mol. The predicted octanol–water partition coefficient (Wildman–Crippen LogP) is 4.20. The summed E-state index contributed by atoms with van der Waals surface area (Å²) in [4.78, 5) is 17.5. The Morgan fingerprint density at radius 2 is 1.81 bits per heavy atom. The number of nitrogens with one attached hydrogen (secondary N) is 2. The fraction of sp³-hybridized carbons (Fsp3) is 0.417. The van der Waals surface area contributed by atoms with Crippen LogP contribution in [-0.2, 0) is 4.74 Å². The number of rotatable bonds is 7. The number of aliphatic imine (C=N–C) groups is 1. The largest absolute Gasteiger partial charge is 0.497 e. The van der Waals surface area contributed by atoms with Gasteiger partial charge < -0.3 is 19.5 Å². The Morgan fingerprint density at radius 1 is 1.13 bits per heavy atom. The van der Waals surface area contributed by atoms with Gasteiger partial charge in [0.15, 0.2) is 0 Å². The molecule has 0 aromatic heterocycles. The van der Waals surface area contributed by atoms with Crippen molar-refractivity contribution in [2.24, 2.45) is 4.99 Å². The van der Waals surface area contributed by atoms with Crippen molar-refractivity contribution < 1.29 is 19.0 Å². The van der Waals surface area contributed by atoms with Gasteiger partial charge in [-0.15, -0.1) is 0 Å². The number of ether oxygens (including phenoxy) is 3. The molecule has 31 heavy (non-hydrogen) atoms. The second-order valence-electron chi connectivity index (χ2n) is 7.78. The molecular weight excluding hydrogens is 394 g/mol. The minimum Gasteiger partial charge on any atom is -0.497 e. The van der Waals surface area contributed by atoms with Crippen LogP contribution in [0.5, 0.6) is 11.5 Å². The van der Waals surface area contributed by atoms with Crippen LogP contribution >= 0.6 is 0 Å².